The number of anilines is 3. The van der Waals surface area contributed by atoms with Crippen molar-refractivity contribution in [2.75, 3.05) is 16.8 Å². The van der Waals surface area contributed by atoms with Crippen LogP contribution in [0.4, 0.5) is 26.1 Å². The van der Waals surface area contributed by atoms with E-state index in [1.54, 1.807) is 12.3 Å². The second-order valence-corrected chi connectivity index (χ2v) is 10.8. The predicted molar refractivity (Wildman–Crippen MR) is 132 cm³/mol. The van der Waals surface area contributed by atoms with Gasteiger partial charge in [0.15, 0.2) is 16.7 Å². The zero-order valence-electron chi connectivity index (χ0n) is 19.4. The summed E-state index contributed by atoms with van der Waals surface area (Å²) in [7, 11) is -4.35. The SMILES string of the molecule is CC1CN(c2ncccc2C(=O)NS(=O)(=O)c2cccc(Nc3ccc(F)c(F)c3)n2)C(C)(C)C1.[HH].[HH]. The molecule has 1 aliphatic rings. The van der Waals surface area contributed by atoms with Crippen LogP contribution in [0.2, 0.25) is 0 Å². The number of aromatic nitrogens is 2. The van der Waals surface area contributed by atoms with Crippen molar-refractivity contribution in [3.05, 3.63) is 71.9 Å². The highest BCUT2D eigenvalue weighted by Crippen LogP contribution is 2.37. The summed E-state index contributed by atoms with van der Waals surface area (Å²) in [6.07, 6.45) is 2.47. The average Bonchev–Trinajstić information content (AvgIpc) is 3.08. The fraction of sp³-hybridized carbons (Fsp3) is 0.292. The minimum absolute atomic E-state index is 0. The summed E-state index contributed by atoms with van der Waals surface area (Å²) >= 11 is 0. The van der Waals surface area contributed by atoms with Gasteiger partial charge in [-0.25, -0.2) is 23.5 Å². The lowest BCUT2D eigenvalue weighted by atomic mass is 9.97. The maximum absolute atomic E-state index is 13.5. The van der Waals surface area contributed by atoms with Crippen LogP contribution in [0, 0.1) is 17.6 Å². The highest BCUT2D eigenvalue weighted by Gasteiger charge is 2.39. The Morgan fingerprint density at radius 1 is 1.14 bits per heavy atom. The maximum atomic E-state index is 13.5. The Bertz CT molecular complexity index is 1390. The third-order valence-corrected chi connectivity index (χ3v) is 7.01. The lowest BCUT2D eigenvalue weighted by Crippen LogP contribution is -2.41. The molecule has 2 aromatic heterocycles. The summed E-state index contributed by atoms with van der Waals surface area (Å²) in [4.78, 5) is 23.5. The monoisotopic (exact) mass is 505 g/mol. The molecule has 0 saturated carbocycles. The third-order valence-electron chi connectivity index (χ3n) is 5.78. The molecular formula is C24H29F2N5O3S. The number of halogens is 2. The van der Waals surface area contributed by atoms with Crippen LogP contribution in [0.15, 0.2) is 59.8 Å². The van der Waals surface area contributed by atoms with Crippen molar-refractivity contribution in [2.45, 2.75) is 37.8 Å². The van der Waals surface area contributed by atoms with Gasteiger partial charge in [-0.15, -0.1) is 0 Å². The number of nitrogens with one attached hydrogen (secondary N) is 2. The molecule has 1 unspecified atom stereocenters. The molecule has 35 heavy (non-hydrogen) atoms. The molecule has 4 rings (SSSR count). The van der Waals surface area contributed by atoms with Crippen molar-refractivity contribution in [1.82, 2.24) is 14.7 Å². The number of benzene rings is 1. The van der Waals surface area contributed by atoms with Crippen molar-refractivity contribution >= 4 is 33.3 Å². The van der Waals surface area contributed by atoms with Crippen LogP contribution in [0.25, 0.3) is 0 Å². The summed E-state index contributed by atoms with van der Waals surface area (Å²) in [5.74, 6) is -2.03. The number of hydrogen-bond donors (Lipinski definition) is 2. The van der Waals surface area contributed by atoms with E-state index in [0.717, 1.165) is 18.6 Å². The minimum Gasteiger partial charge on any atom is -0.351 e. The van der Waals surface area contributed by atoms with Crippen molar-refractivity contribution in [3.63, 3.8) is 0 Å². The normalized spacial score (nSPS) is 17.3. The Labute approximate surface area is 205 Å². The minimum atomic E-state index is -4.35. The molecule has 1 aliphatic heterocycles. The second kappa shape index (κ2) is 9.21. The van der Waals surface area contributed by atoms with Crippen LogP contribution in [0.5, 0.6) is 0 Å². The highest BCUT2D eigenvalue weighted by atomic mass is 32.2. The molecule has 0 spiro atoms. The van der Waals surface area contributed by atoms with E-state index >= 15 is 0 Å². The maximum Gasteiger partial charge on any atom is 0.281 e. The molecule has 1 saturated heterocycles. The molecule has 1 atom stereocenters. The van der Waals surface area contributed by atoms with Gasteiger partial charge in [0.25, 0.3) is 15.9 Å². The molecule has 8 nitrogen and oxygen atoms in total. The average molecular weight is 506 g/mol. The van der Waals surface area contributed by atoms with E-state index in [2.05, 4.69) is 40.8 Å². The van der Waals surface area contributed by atoms with E-state index in [4.69, 9.17) is 0 Å². The fourth-order valence-corrected chi connectivity index (χ4v) is 5.27. The van der Waals surface area contributed by atoms with E-state index < -0.39 is 32.6 Å². The summed E-state index contributed by atoms with van der Waals surface area (Å²) in [6.45, 7) is 6.91. The highest BCUT2D eigenvalue weighted by molar-refractivity contribution is 7.90. The molecule has 1 amide bonds. The van der Waals surface area contributed by atoms with Crippen LogP contribution in [-0.2, 0) is 10.0 Å². The van der Waals surface area contributed by atoms with E-state index in [9.17, 15) is 22.0 Å². The van der Waals surface area contributed by atoms with Crippen LogP contribution >= 0.6 is 0 Å². The van der Waals surface area contributed by atoms with Gasteiger partial charge < -0.3 is 10.2 Å². The molecule has 3 heterocycles. The van der Waals surface area contributed by atoms with Crippen molar-refractivity contribution in [3.8, 4) is 0 Å². The lowest BCUT2D eigenvalue weighted by molar-refractivity contribution is 0.0981. The summed E-state index contributed by atoms with van der Waals surface area (Å²) < 4.78 is 54.6. The number of pyridine rings is 2. The van der Waals surface area contributed by atoms with Gasteiger partial charge in [-0.2, -0.15) is 8.42 Å². The third kappa shape index (κ3) is 5.24. The predicted octanol–water partition coefficient (Wildman–Crippen LogP) is 4.73. The van der Waals surface area contributed by atoms with Gasteiger partial charge in [-0.3, -0.25) is 4.79 Å². The van der Waals surface area contributed by atoms with Crippen LogP contribution in [-0.4, -0.2) is 36.4 Å². The summed E-state index contributed by atoms with van der Waals surface area (Å²) in [5, 5.41) is 2.30. The van der Waals surface area contributed by atoms with Gasteiger partial charge in [-0.05, 0) is 62.6 Å². The van der Waals surface area contributed by atoms with Gasteiger partial charge in [0.1, 0.15) is 11.6 Å². The lowest BCUT2D eigenvalue weighted by Gasteiger charge is -2.33. The molecule has 0 radical (unpaired) electrons. The first kappa shape index (κ1) is 24.5. The van der Waals surface area contributed by atoms with Crippen molar-refractivity contribution in [2.24, 2.45) is 5.92 Å². The Balaban J connectivity index is 0.00000241. The Morgan fingerprint density at radius 2 is 1.91 bits per heavy atom. The number of hydrogen-bond acceptors (Lipinski definition) is 7. The Kier molecular flexibility index (Phi) is 6.46. The van der Waals surface area contributed by atoms with Crippen molar-refractivity contribution in [1.29, 1.82) is 0 Å². The standard InChI is InChI=1S/C24H25F2N5O3S.2H2/c1-15-13-24(2,3)31(14-15)22-17(6-5-11-27-22)23(32)30-35(33,34)21-8-4-7-20(29-21)28-16-9-10-18(25)19(26)12-16;;/h4-12,15H,13-14H2,1-3H3,(H,28,29)(H,30,32);2*1H. The molecule has 1 aromatic carbocycles. The molecule has 11 heteroatoms. The first-order valence-corrected chi connectivity index (χ1v) is 12.4. The van der Waals surface area contributed by atoms with E-state index in [1.807, 2.05) is 4.90 Å². The molecule has 0 bridgehead atoms. The zero-order chi connectivity index (χ0) is 25.4. The van der Waals surface area contributed by atoms with Crippen molar-refractivity contribution < 1.29 is 24.8 Å². The molecule has 3 aromatic rings. The smallest absolute Gasteiger partial charge is 0.281 e. The quantitative estimate of drug-likeness (QED) is 0.499. The fourth-order valence-electron chi connectivity index (χ4n) is 4.33. The van der Waals surface area contributed by atoms with E-state index in [-0.39, 0.29) is 25.5 Å². The summed E-state index contributed by atoms with van der Waals surface area (Å²) in [5.41, 5.74) is 0.0648. The number of sulfonamides is 1. The largest absolute Gasteiger partial charge is 0.351 e. The first-order chi connectivity index (χ1) is 16.5. The van der Waals surface area contributed by atoms with Gasteiger partial charge in [0, 0.05) is 32.9 Å². The molecule has 2 N–H and O–H groups in total. The number of amides is 1. The zero-order valence-corrected chi connectivity index (χ0v) is 20.2. The van der Waals surface area contributed by atoms with Crippen LogP contribution in [0.1, 0.15) is 40.4 Å². The molecule has 1 fully saturated rings. The van der Waals surface area contributed by atoms with Gasteiger partial charge >= 0.3 is 0 Å². The number of rotatable bonds is 6. The first-order valence-electron chi connectivity index (χ1n) is 11.0. The number of carbonyl (C=O) groups is 1. The Hall–Kier alpha value is -3.60. The van der Waals surface area contributed by atoms with Gasteiger partial charge in [0.2, 0.25) is 0 Å². The number of nitrogens with zero attached hydrogens (tertiary/aromatic N) is 3. The topological polar surface area (TPSA) is 104 Å². The number of carbonyl (C=O) groups excluding carboxylic acids is 1. The second-order valence-electron chi connectivity index (χ2n) is 9.16. The molecule has 0 aliphatic carbocycles. The van der Waals surface area contributed by atoms with Crippen LogP contribution in [0.3, 0.4) is 0 Å². The van der Waals surface area contributed by atoms with Crippen LogP contribution < -0.4 is 14.9 Å². The molecular weight excluding hydrogens is 476 g/mol. The van der Waals surface area contributed by atoms with E-state index in [1.165, 1.54) is 30.3 Å². The molecule has 188 valence electrons. The Morgan fingerprint density at radius 3 is 2.60 bits per heavy atom. The summed E-state index contributed by atoms with van der Waals surface area (Å²) in [6, 6.07) is 10.3. The van der Waals surface area contributed by atoms with Gasteiger partial charge in [0.05, 0.1) is 5.56 Å². The van der Waals surface area contributed by atoms with Gasteiger partial charge in [-0.1, -0.05) is 13.0 Å². The van der Waals surface area contributed by atoms with E-state index in [0.29, 0.717) is 18.3 Å².